The number of rotatable bonds is 8. The third kappa shape index (κ3) is 4.28. The first-order valence-corrected chi connectivity index (χ1v) is 12.8. The zero-order chi connectivity index (χ0) is 22.9. The van der Waals surface area contributed by atoms with Gasteiger partial charge in [0.05, 0.1) is 24.9 Å². The monoisotopic (exact) mass is 450 g/mol. The molecule has 0 aromatic heterocycles. The summed E-state index contributed by atoms with van der Waals surface area (Å²) in [5.74, 6) is 0.251. The number of esters is 1. The van der Waals surface area contributed by atoms with Crippen LogP contribution in [0.15, 0.2) is 11.6 Å². The molecule has 0 bridgehead atoms. The number of unbranched alkanes of at least 4 members (excludes halogenated alkanes) is 2. The summed E-state index contributed by atoms with van der Waals surface area (Å²) in [5.41, 5.74) is 1.20. The molecule has 0 aromatic carbocycles. The minimum absolute atomic E-state index is 0.0452. The molecule has 4 unspecified atom stereocenters. The van der Waals surface area contributed by atoms with Crippen molar-refractivity contribution in [2.45, 2.75) is 103 Å². The molecule has 0 aromatic rings. The molecule has 4 rings (SSSR count). The van der Waals surface area contributed by atoms with Crippen molar-refractivity contribution in [3.8, 4) is 0 Å². The average molecular weight is 451 g/mol. The zero-order valence-corrected chi connectivity index (χ0v) is 20.1. The average Bonchev–Trinajstić information content (AvgIpc) is 3.10. The van der Waals surface area contributed by atoms with E-state index in [1.54, 1.807) is 0 Å². The highest BCUT2D eigenvalue weighted by Crippen LogP contribution is 2.62. The standard InChI is InChI=1S/C26H42O6/c1-4-22(29)32-21-16-31-24-23-19(9-11-26(21,24)3)25(2)10-8-18(14-17(25)15-20(23)28)30-13-7-5-6-12-27/h15,18-21,23-24,27-28H,4-14,16H2,1-3H3/t18-,19?,20-,21?,23?,24?,25-,26+/m0/s1. The first-order chi connectivity index (χ1) is 15.3. The minimum atomic E-state index is -0.531. The van der Waals surface area contributed by atoms with Gasteiger partial charge in [0, 0.05) is 31.0 Å². The number of aliphatic hydroxyl groups excluding tert-OH is 2. The van der Waals surface area contributed by atoms with Gasteiger partial charge in [0.2, 0.25) is 0 Å². The highest BCUT2D eigenvalue weighted by molar-refractivity contribution is 5.69. The number of fused-ring (bicyclic) bond motifs is 5. The van der Waals surface area contributed by atoms with Gasteiger partial charge in [0.15, 0.2) is 0 Å². The Labute approximate surface area is 192 Å². The largest absolute Gasteiger partial charge is 0.459 e. The predicted molar refractivity (Wildman–Crippen MR) is 121 cm³/mol. The van der Waals surface area contributed by atoms with E-state index in [1.165, 1.54) is 5.57 Å². The fourth-order valence-corrected chi connectivity index (χ4v) is 7.03. The van der Waals surface area contributed by atoms with Gasteiger partial charge in [-0.2, -0.15) is 0 Å². The molecular formula is C26H42O6. The van der Waals surface area contributed by atoms with E-state index in [1.807, 2.05) is 6.92 Å². The van der Waals surface area contributed by atoms with Gasteiger partial charge in [-0.1, -0.05) is 32.4 Å². The molecule has 1 aliphatic heterocycles. The smallest absolute Gasteiger partial charge is 0.305 e. The summed E-state index contributed by atoms with van der Waals surface area (Å²) in [7, 11) is 0. The third-order valence-electron chi connectivity index (χ3n) is 9.09. The molecule has 4 aliphatic rings. The lowest BCUT2D eigenvalue weighted by molar-refractivity contribution is -0.159. The van der Waals surface area contributed by atoms with Crippen molar-refractivity contribution in [2.75, 3.05) is 19.8 Å². The molecule has 0 spiro atoms. The molecule has 2 saturated carbocycles. The Morgan fingerprint density at radius 3 is 2.78 bits per heavy atom. The highest BCUT2D eigenvalue weighted by Gasteiger charge is 2.62. The number of hydrogen-bond acceptors (Lipinski definition) is 6. The van der Waals surface area contributed by atoms with Gasteiger partial charge in [-0.3, -0.25) is 4.79 Å². The van der Waals surface area contributed by atoms with E-state index in [4.69, 9.17) is 19.3 Å². The van der Waals surface area contributed by atoms with Crippen LogP contribution in [0.1, 0.15) is 78.6 Å². The second-order valence-electron chi connectivity index (χ2n) is 10.9. The highest BCUT2D eigenvalue weighted by atomic mass is 16.6. The Morgan fingerprint density at radius 2 is 2.03 bits per heavy atom. The summed E-state index contributed by atoms with van der Waals surface area (Å²) in [6.45, 7) is 7.82. The summed E-state index contributed by atoms with van der Waals surface area (Å²) in [5, 5.41) is 20.2. The van der Waals surface area contributed by atoms with E-state index < -0.39 is 6.10 Å². The maximum atomic E-state index is 12.0. The van der Waals surface area contributed by atoms with Crippen molar-refractivity contribution in [3.05, 3.63) is 11.6 Å². The second-order valence-corrected chi connectivity index (χ2v) is 10.9. The number of hydrogen-bond donors (Lipinski definition) is 2. The van der Waals surface area contributed by atoms with E-state index in [-0.39, 0.29) is 47.6 Å². The maximum Gasteiger partial charge on any atom is 0.305 e. The third-order valence-corrected chi connectivity index (χ3v) is 9.09. The molecule has 6 nitrogen and oxygen atoms in total. The van der Waals surface area contributed by atoms with Crippen molar-refractivity contribution in [3.63, 3.8) is 0 Å². The molecule has 3 fully saturated rings. The molecule has 2 N–H and O–H groups in total. The molecule has 32 heavy (non-hydrogen) atoms. The van der Waals surface area contributed by atoms with E-state index in [2.05, 4.69) is 19.9 Å². The normalized spacial score (nSPS) is 43.1. The topological polar surface area (TPSA) is 85.2 Å². The van der Waals surface area contributed by atoms with Gasteiger partial charge in [-0.25, -0.2) is 0 Å². The van der Waals surface area contributed by atoms with E-state index in [9.17, 15) is 9.90 Å². The summed E-state index contributed by atoms with van der Waals surface area (Å²) >= 11 is 0. The Bertz CT molecular complexity index is 706. The second kappa shape index (κ2) is 9.73. The molecule has 3 aliphatic carbocycles. The molecule has 1 heterocycles. The van der Waals surface area contributed by atoms with E-state index >= 15 is 0 Å². The molecule has 0 amide bonds. The summed E-state index contributed by atoms with van der Waals surface area (Å²) in [6.07, 6.45) is 9.70. The molecular weight excluding hydrogens is 408 g/mol. The first-order valence-electron chi connectivity index (χ1n) is 12.8. The van der Waals surface area contributed by atoms with Crippen LogP contribution >= 0.6 is 0 Å². The Hall–Kier alpha value is -0.950. The molecule has 8 atom stereocenters. The van der Waals surface area contributed by atoms with Crippen molar-refractivity contribution < 1.29 is 29.2 Å². The first kappa shape index (κ1) is 24.2. The SMILES string of the molecule is CCC(=O)OC1COC2C3C(CC[C@]12C)[C@@]1(C)CC[C@H](OCCCCCO)CC1=C[C@@H]3O. The van der Waals surface area contributed by atoms with E-state index in [0.29, 0.717) is 18.9 Å². The van der Waals surface area contributed by atoms with Gasteiger partial charge >= 0.3 is 5.97 Å². The fraction of sp³-hybridized carbons (Fsp3) is 0.885. The quantitative estimate of drug-likeness (QED) is 0.333. The van der Waals surface area contributed by atoms with Crippen LogP contribution in [0.3, 0.4) is 0 Å². The van der Waals surface area contributed by atoms with Gasteiger partial charge in [-0.05, 0) is 62.7 Å². The summed E-state index contributed by atoms with van der Waals surface area (Å²) in [4.78, 5) is 12.0. The molecule has 182 valence electrons. The van der Waals surface area contributed by atoms with Crippen LogP contribution in [0.4, 0.5) is 0 Å². The van der Waals surface area contributed by atoms with Crippen molar-refractivity contribution in [1.29, 1.82) is 0 Å². The molecule has 1 saturated heterocycles. The molecule has 6 heteroatoms. The van der Waals surface area contributed by atoms with Crippen LogP contribution < -0.4 is 0 Å². The van der Waals surface area contributed by atoms with Crippen LogP contribution in [-0.4, -0.2) is 60.4 Å². The zero-order valence-electron chi connectivity index (χ0n) is 20.1. The van der Waals surface area contributed by atoms with Gasteiger partial charge in [0.1, 0.15) is 6.10 Å². The van der Waals surface area contributed by atoms with Crippen LogP contribution in [0.2, 0.25) is 0 Å². The lowest BCUT2D eigenvalue weighted by atomic mass is 9.49. The Balaban J connectivity index is 1.45. The lowest BCUT2D eigenvalue weighted by Gasteiger charge is -2.58. The molecule has 0 radical (unpaired) electrons. The number of carbonyl (C=O) groups is 1. The van der Waals surface area contributed by atoms with Gasteiger partial charge in [-0.15, -0.1) is 0 Å². The van der Waals surface area contributed by atoms with E-state index in [0.717, 1.165) is 58.0 Å². The summed E-state index contributed by atoms with van der Waals surface area (Å²) in [6, 6.07) is 0. The van der Waals surface area contributed by atoms with Crippen LogP contribution in [-0.2, 0) is 19.0 Å². The number of ether oxygens (including phenoxy) is 3. The predicted octanol–water partition coefficient (Wildman–Crippen LogP) is 3.78. The fourth-order valence-electron chi connectivity index (χ4n) is 7.03. The lowest BCUT2D eigenvalue weighted by Crippen LogP contribution is -2.58. The van der Waals surface area contributed by atoms with Gasteiger partial charge in [0.25, 0.3) is 0 Å². The number of aliphatic hydroxyl groups is 2. The van der Waals surface area contributed by atoms with Crippen LogP contribution in [0.25, 0.3) is 0 Å². The van der Waals surface area contributed by atoms with Crippen molar-refractivity contribution >= 4 is 5.97 Å². The summed E-state index contributed by atoms with van der Waals surface area (Å²) < 4.78 is 18.2. The maximum absolute atomic E-state index is 12.0. The van der Waals surface area contributed by atoms with Gasteiger partial charge < -0.3 is 24.4 Å². The Kier molecular flexibility index (Phi) is 7.35. The van der Waals surface area contributed by atoms with Crippen molar-refractivity contribution in [1.82, 2.24) is 0 Å². The van der Waals surface area contributed by atoms with Crippen molar-refractivity contribution in [2.24, 2.45) is 22.7 Å². The van der Waals surface area contributed by atoms with Crippen LogP contribution in [0.5, 0.6) is 0 Å². The Morgan fingerprint density at radius 1 is 1.22 bits per heavy atom. The van der Waals surface area contributed by atoms with Crippen LogP contribution in [0, 0.1) is 22.7 Å². The minimum Gasteiger partial charge on any atom is -0.459 e. The number of carbonyl (C=O) groups excluding carboxylic acids is 1.